The molecule has 0 spiro atoms. The molecule has 0 radical (unpaired) electrons. The Labute approximate surface area is 80.7 Å². The molecule has 1 rings (SSSR count). The van der Waals surface area contributed by atoms with Crippen molar-refractivity contribution in [3.8, 4) is 5.75 Å². The zero-order valence-electron chi connectivity index (χ0n) is 9.14. The maximum atomic E-state index is 5.28. The third-order valence-electron chi connectivity index (χ3n) is 2.31. The van der Waals surface area contributed by atoms with Gasteiger partial charge in [-0.25, -0.2) is 0 Å². The summed E-state index contributed by atoms with van der Waals surface area (Å²) in [5.74, 6) is 0.979. The number of ether oxygens (including phenoxy) is 1. The van der Waals surface area contributed by atoms with Gasteiger partial charge in [-0.1, -0.05) is 32.9 Å². The minimum atomic E-state index is 0.193. The van der Waals surface area contributed by atoms with Gasteiger partial charge >= 0.3 is 0 Å². The topological polar surface area (TPSA) is 9.23 Å². The first-order valence-corrected chi connectivity index (χ1v) is 4.61. The summed E-state index contributed by atoms with van der Waals surface area (Å²) in [7, 11) is 1.72. The molecule has 0 N–H and O–H groups in total. The van der Waals surface area contributed by atoms with Crippen LogP contribution in [0.3, 0.4) is 0 Å². The zero-order chi connectivity index (χ0) is 10.1. The average Bonchev–Trinajstić information content (AvgIpc) is 2.02. The lowest BCUT2D eigenvalue weighted by molar-refractivity contribution is 0.409. The quantitative estimate of drug-likeness (QED) is 0.641. The lowest BCUT2D eigenvalue weighted by Gasteiger charge is -2.22. The largest absolute Gasteiger partial charge is 0.496 e. The predicted octanol–water partition coefficient (Wildman–Crippen LogP) is 3.30. The molecule has 0 atom stereocenters. The number of rotatable bonds is 1. The number of hydrogen-bond acceptors (Lipinski definition) is 1. The Balaban J connectivity index is 3.24. The highest BCUT2D eigenvalue weighted by atomic mass is 16.5. The standard InChI is InChI=1S/C12H18O/c1-9-10(12(2,3)4)7-6-8-11(9)13-5/h6-8H,1-5H3. The van der Waals surface area contributed by atoms with Crippen LogP contribution < -0.4 is 4.74 Å². The highest BCUT2D eigenvalue weighted by molar-refractivity contribution is 5.42. The minimum Gasteiger partial charge on any atom is -0.496 e. The van der Waals surface area contributed by atoms with Crippen molar-refractivity contribution >= 4 is 0 Å². The van der Waals surface area contributed by atoms with Crippen LogP contribution >= 0.6 is 0 Å². The molecule has 0 aliphatic carbocycles. The third-order valence-corrected chi connectivity index (χ3v) is 2.31. The summed E-state index contributed by atoms with van der Waals surface area (Å²) >= 11 is 0. The van der Waals surface area contributed by atoms with Gasteiger partial charge in [0.1, 0.15) is 5.75 Å². The monoisotopic (exact) mass is 178 g/mol. The Hall–Kier alpha value is -0.980. The Morgan fingerprint density at radius 2 is 1.77 bits per heavy atom. The van der Waals surface area contributed by atoms with Gasteiger partial charge < -0.3 is 4.74 Å². The Kier molecular flexibility index (Phi) is 2.65. The van der Waals surface area contributed by atoms with E-state index in [0.29, 0.717) is 0 Å². The summed E-state index contributed by atoms with van der Waals surface area (Å²) in [6, 6.07) is 6.22. The van der Waals surface area contributed by atoms with Crippen LogP contribution in [0.25, 0.3) is 0 Å². The maximum absolute atomic E-state index is 5.28. The summed E-state index contributed by atoms with van der Waals surface area (Å²) in [5, 5.41) is 0. The molecule has 0 unspecified atom stereocenters. The van der Waals surface area contributed by atoms with E-state index in [1.54, 1.807) is 7.11 Å². The fraction of sp³-hybridized carbons (Fsp3) is 0.500. The first-order chi connectivity index (χ1) is 5.96. The smallest absolute Gasteiger partial charge is 0.122 e. The molecular weight excluding hydrogens is 160 g/mol. The van der Waals surface area contributed by atoms with Crippen LogP contribution in [0.1, 0.15) is 31.9 Å². The summed E-state index contributed by atoms with van der Waals surface area (Å²) in [5.41, 5.74) is 2.79. The van der Waals surface area contributed by atoms with Crippen molar-refractivity contribution in [1.82, 2.24) is 0 Å². The minimum absolute atomic E-state index is 0.193. The van der Waals surface area contributed by atoms with Crippen LogP contribution in [0.5, 0.6) is 5.75 Å². The average molecular weight is 178 g/mol. The fourth-order valence-electron chi connectivity index (χ4n) is 1.65. The highest BCUT2D eigenvalue weighted by Gasteiger charge is 2.17. The van der Waals surface area contributed by atoms with Crippen LogP contribution in [-0.2, 0) is 5.41 Å². The summed E-state index contributed by atoms with van der Waals surface area (Å²) in [6.07, 6.45) is 0. The van der Waals surface area contributed by atoms with Crippen molar-refractivity contribution in [3.63, 3.8) is 0 Å². The van der Waals surface area contributed by atoms with E-state index in [-0.39, 0.29) is 5.41 Å². The van der Waals surface area contributed by atoms with Crippen LogP contribution in [0, 0.1) is 6.92 Å². The van der Waals surface area contributed by atoms with Gasteiger partial charge in [0.15, 0.2) is 0 Å². The van der Waals surface area contributed by atoms with E-state index in [1.165, 1.54) is 11.1 Å². The van der Waals surface area contributed by atoms with Gasteiger partial charge in [0.05, 0.1) is 7.11 Å². The molecule has 0 amide bonds. The van der Waals surface area contributed by atoms with Gasteiger partial charge in [0, 0.05) is 0 Å². The van der Waals surface area contributed by atoms with E-state index in [2.05, 4.69) is 33.8 Å². The van der Waals surface area contributed by atoms with Crippen LogP contribution in [-0.4, -0.2) is 7.11 Å². The predicted molar refractivity (Wildman–Crippen MR) is 56.4 cm³/mol. The van der Waals surface area contributed by atoms with Crippen molar-refractivity contribution in [3.05, 3.63) is 29.3 Å². The SMILES string of the molecule is COc1cccc(C(C)(C)C)c1C. The maximum Gasteiger partial charge on any atom is 0.122 e. The molecule has 0 aliphatic heterocycles. The Bertz CT molecular complexity index is 294. The van der Waals surface area contributed by atoms with Gasteiger partial charge in [-0.15, -0.1) is 0 Å². The molecule has 0 aliphatic rings. The van der Waals surface area contributed by atoms with Crippen molar-refractivity contribution in [2.24, 2.45) is 0 Å². The lowest BCUT2D eigenvalue weighted by Crippen LogP contribution is -2.13. The van der Waals surface area contributed by atoms with E-state index in [0.717, 1.165) is 5.75 Å². The lowest BCUT2D eigenvalue weighted by atomic mass is 9.84. The first-order valence-electron chi connectivity index (χ1n) is 4.61. The van der Waals surface area contributed by atoms with Gasteiger partial charge in [-0.3, -0.25) is 0 Å². The highest BCUT2D eigenvalue weighted by Crippen LogP contribution is 2.30. The normalized spacial score (nSPS) is 11.5. The van der Waals surface area contributed by atoms with Crippen molar-refractivity contribution in [1.29, 1.82) is 0 Å². The van der Waals surface area contributed by atoms with E-state index in [1.807, 2.05) is 12.1 Å². The van der Waals surface area contributed by atoms with Gasteiger partial charge in [-0.05, 0) is 29.5 Å². The second kappa shape index (κ2) is 3.41. The summed E-state index contributed by atoms with van der Waals surface area (Å²) in [6.45, 7) is 8.76. The van der Waals surface area contributed by atoms with Crippen molar-refractivity contribution < 1.29 is 4.74 Å². The molecule has 0 saturated carbocycles. The van der Waals surface area contributed by atoms with Crippen LogP contribution in [0.15, 0.2) is 18.2 Å². The molecule has 1 heteroatoms. The number of methoxy groups -OCH3 is 1. The molecule has 1 aromatic carbocycles. The molecule has 0 saturated heterocycles. The second-order valence-electron chi connectivity index (χ2n) is 4.38. The molecule has 13 heavy (non-hydrogen) atoms. The first kappa shape index (κ1) is 10.1. The van der Waals surface area contributed by atoms with Gasteiger partial charge in [0.25, 0.3) is 0 Å². The van der Waals surface area contributed by atoms with E-state index < -0.39 is 0 Å². The summed E-state index contributed by atoms with van der Waals surface area (Å²) < 4.78 is 5.28. The van der Waals surface area contributed by atoms with Crippen LogP contribution in [0.2, 0.25) is 0 Å². The summed E-state index contributed by atoms with van der Waals surface area (Å²) in [4.78, 5) is 0. The third kappa shape index (κ3) is 2.03. The molecule has 0 fully saturated rings. The van der Waals surface area contributed by atoms with E-state index in [9.17, 15) is 0 Å². The van der Waals surface area contributed by atoms with Gasteiger partial charge in [-0.2, -0.15) is 0 Å². The molecule has 72 valence electrons. The number of hydrogen-bond donors (Lipinski definition) is 0. The fourth-order valence-corrected chi connectivity index (χ4v) is 1.65. The molecule has 0 heterocycles. The Morgan fingerprint density at radius 3 is 2.23 bits per heavy atom. The van der Waals surface area contributed by atoms with Gasteiger partial charge in [0.2, 0.25) is 0 Å². The molecule has 1 nitrogen and oxygen atoms in total. The Morgan fingerprint density at radius 1 is 1.15 bits per heavy atom. The van der Waals surface area contributed by atoms with Crippen molar-refractivity contribution in [2.45, 2.75) is 33.1 Å². The van der Waals surface area contributed by atoms with Crippen LogP contribution in [0.4, 0.5) is 0 Å². The molecular formula is C12H18O. The molecule has 1 aromatic rings. The molecule has 0 aromatic heterocycles. The number of benzene rings is 1. The zero-order valence-corrected chi connectivity index (χ0v) is 9.14. The van der Waals surface area contributed by atoms with E-state index >= 15 is 0 Å². The second-order valence-corrected chi connectivity index (χ2v) is 4.38. The van der Waals surface area contributed by atoms with E-state index in [4.69, 9.17) is 4.74 Å². The van der Waals surface area contributed by atoms with Crippen molar-refractivity contribution in [2.75, 3.05) is 7.11 Å². The molecule has 0 bridgehead atoms.